The quantitative estimate of drug-likeness (QED) is 0.667. The van der Waals surface area contributed by atoms with Gasteiger partial charge < -0.3 is 14.8 Å². The molecule has 0 fully saturated rings. The number of nitrogens with one attached hydrogen (secondary N) is 1. The van der Waals surface area contributed by atoms with Gasteiger partial charge >= 0.3 is 0 Å². The Hall–Kier alpha value is -3.48. The topological polar surface area (TPSA) is 65.1 Å². The second-order valence-electron chi connectivity index (χ2n) is 8.24. The van der Waals surface area contributed by atoms with E-state index in [-0.39, 0.29) is 5.56 Å². The van der Waals surface area contributed by atoms with E-state index >= 15 is 0 Å². The van der Waals surface area contributed by atoms with E-state index in [0.29, 0.717) is 17.9 Å². The second kappa shape index (κ2) is 9.77. The molecule has 32 heavy (non-hydrogen) atoms. The number of alkyl halides is 1. The summed E-state index contributed by atoms with van der Waals surface area (Å²) in [5, 5.41) is 0. The molecule has 0 aliphatic carbocycles. The van der Waals surface area contributed by atoms with Crippen LogP contribution >= 0.6 is 0 Å². The van der Waals surface area contributed by atoms with Crippen LogP contribution in [0.5, 0.6) is 0 Å². The Morgan fingerprint density at radius 2 is 2.09 bits per heavy atom. The third-order valence-electron chi connectivity index (χ3n) is 5.44. The van der Waals surface area contributed by atoms with Crippen molar-refractivity contribution in [3.63, 3.8) is 0 Å². The molecule has 1 aliphatic rings. The molecule has 0 amide bonds. The summed E-state index contributed by atoms with van der Waals surface area (Å²) in [6.07, 6.45) is 6.61. The van der Waals surface area contributed by atoms with Gasteiger partial charge in [-0.3, -0.25) is 9.78 Å². The van der Waals surface area contributed by atoms with Crippen molar-refractivity contribution in [1.82, 2.24) is 24.8 Å². The second-order valence-corrected chi connectivity index (χ2v) is 8.24. The van der Waals surface area contributed by atoms with Crippen LogP contribution in [0.25, 0.3) is 11.6 Å². The molecule has 1 atom stereocenters. The third-order valence-corrected chi connectivity index (χ3v) is 5.44. The van der Waals surface area contributed by atoms with Crippen molar-refractivity contribution in [2.45, 2.75) is 33.0 Å². The van der Waals surface area contributed by atoms with Crippen molar-refractivity contribution in [1.29, 1.82) is 0 Å². The van der Waals surface area contributed by atoms with E-state index in [1.54, 1.807) is 6.20 Å². The zero-order valence-electron chi connectivity index (χ0n) is 19.2. The van der Waals surface area contributed by atoms with Gasteiger partial charge in [-0.15, -0.1) is 0 Å². The van der Waals surface area contributed by atoms with Gasteiger partial charge in [0.05, 0.1) is 0 Å². The molecule has 2 aromatic rings. The maximum atomic E-state index is 14.0. The van der Waals surface area contributed by atoms with Crippen molar-refractivity contribution in [3.05, 3.63) is 93.7 Å². The molecule has 1 unspecified atom stereocenters. The van der Waals surface area contributed by atoms with Crippen molar-refractivity contribution >= 4 is 11.6 Å². The Bertz CT molecular complexity index is 1140. The molecule has 0 radical (unpaired) electrons. The van der Waals surface area contributed by atoms with Crippen LogP contribution in [0.15, 0.2) is 65.5 Å². The van der Waals surface area contributed by atoms with E-state index in [4.69, 9.17) is 0 Å². The molecule has 0 spiro atoms. The fourth-order valence-electron chi connectivity index (χ4n) is 3.62. The third kappa shape index (κ3) is 5.41. The first-order valence-electron chi connectivity index (χ1n) is 10.5. The summed E-state index contributed by atoms with van der Waals surface area (Å²) >= 11 is 0. The summed E-state index contributed by atoms with van der Waals surface area (Å²) in [7, 11) is 3.80. The SMILES string of the molecule is C=C(/C(=C\N(C)C)c1cnc2c(c1)CN(C(=C)/C(C)=C\c1nccc(=O)[nH]1)CC2)C(C)F. The molecule has 0 bridgehead atoms. The monoisotopic (exact) mass is 435 g/mol. The number of aromatic nitrogens is 3. The first-order valence-corrected chi connectivity index (χ1v) is 10.5. The molecule has 7 heteroatoms. The number of hydrogen-bond acceptors (Lipinski definition) is 5. The molecule has 6 nitrogen and oxygen atoms in total. The van der Waals surface area contributed by atoms with E-state index in [1.165, 1.54) is 19.2 Å². The van der Waals surface area contributed by atoms with E-state index in [9.17, 15) is 9.18 Å². The highest BCUT2D eigenvalue weighted by molar-refractivity contribution is 5.79. The van der Waals surface area contributed by atoms with Crippen LogP contribution in [0.3, 0.4) is 0 Å². The fraction of sp³-hybridized carbons (Fsp3) is 0.320. The van der Waals surface area contributed by atoms with E-state index in [1.807, 2.05) is 38.2 Å². The first kappa shape index (κ1) is 23.2. The van der Waals surface area contributed by atoms with Crippen LogP contribution in [0, 0.1) is 0 Å². The maximum Gasteiger partial charge on any atom is 0.251 e. The minimum Gasteiger partial charge on any atom is -0.383 e. The van der Waals surface area contributed by atoms with Gasteiger partial charge in [0.2, 0.25) is 0 Å². The van der Waals surface area contributed by atoms with Gasteiger partial charge in [-0.05, 0) is 42.7 Å². The van der Waals surface area contributed by atoms with Crippen LogP contribution in [0.2, 0.25) is 0 Å². The van der Waals surface area contributed by atoms with Crippen LogP contribution in [0.4, 0.5) is 4.39 Å². The lowest BCUT2D eigenvalue weighted by Crippen LogP contribution is -2.30. The number of hydrogen-bond donors (Lipinski definition) is 1. The van der Waals surface area contributed by atoms with E-state index in [0.717, 1.165) is 46.6 Å². The van der Waals surface area contributed by atoms with Crippen molar-refractivity contribution in [2.75, 3.05) is 20.6 Å². The van der Waals surface area contributed by atoms with Crippen LogP contribution in [-0.4, -0.2) is 51.6 Å². The van der Waals surface area contributed by atoms with Gasteiger partial charge in [0.15, 0.2) is 0 Å². The zero-order chi connectivity index (χ0) is 23.4. The highest BCUT2D eigenvalue weighted by Gasteiger charge is 2.21. The minimum absolute atomic E-state index is 0.194. The Balaban J connectivity index is 1.86. The highest BCUT2D eigenvalue weighted by Crippen LogP contribution is 2.30. The molecule has 2 aromatic heterocycles. The Kier molecular flexibility index (Phi) is 7.08. The Labute approximate surface area is 188 Å². The van der Waals surface area contributed by atoms with Gasteiger partial charge in [0, 0.05) is 80.8 Å². The number of fused-ring (bicyclic) bond motifs is 1. The molecule has 3 rings (SSSR count). The summed E-state index contributed by atoms with van der Waals surface area (Å²) in [6.45, 7) is 13.1. The molecule has 3 heterocycles. The van der Waals surface area contributed by atoms with Gasteiger partial charge in [0.25, 0.3) is 5.56 Å². The molecule has 0 aromatic carbocycles. The highest BCUT2D eigenvalue weighted by atomic mass is 19.1. The summed E-state index contributed by atoms with van der Waals surface area (Å²) < 4.78 is 14.0. The number of nitrogens with zero attached hydrogens (tertiary/aromatic N) is 4. The first-order chi connectivity index (χ1) is 15.2. The maximum absolute atomic E-state index is 14.0. The average Bonchev–Trinajstić information content (AvgIpc) is 2.75. The molecular weight excluding hydrogens is 405 g/mol. The van der Waals surface area contributed by atoms with Crippen molar-refractivity contribution in [2.24, 2.45) is 0 Å². The van der Waals surface area contributed by atoms with E-state index in [2.05, 4.69) is 39.1 Å². The molecule has 1 N–H and O–H groups in total. The predicted octanol–water partition coefficient (Wildman–Crippen LogP) is 3.96. The van der Waals surface area contributed by atoms with Crippen LogP contribution in [-0.2, 0) is 13.0 Å². The number of rotatable bonds is 7. The molecule has 1 aliphatic heterocycles. The predicted molar refractivity (Wildman–Crippen MR) is 127 cm³/mol. The van der Waals surface area contributed by atoms with Gasteiger partial charge in [-0.25, -0.2) is 9.37 Å². The number of aromatic amines is 1. The van der Waals surface area contributed by atoms with E-state index < -0.39 is 6.17 Å². The number of pyridine rings is 1. The Morgan fingerprint density at radius 1 is 1.34 bits per heavy atom. The summed E-state index contributed by atoms with van der Waals surface area (Å²) in [5.74, 6) is 0.495. The number of H-pyrrole nitrogens is 1. The Morgan fingerprint density at radius 3 is 2.75 bits per heavy atom. The van der Waals surface area contributed by atoms with Crippen molar-refractivity contribution < 1.29 is 4.39 Å². The number of allylic oxidation sites excluding steroid dienone is 3. The largest absolute Gasteiger partial charge is 0.383 e. The molecule has 0 saturated carbocycles. The summed E-state index contributed by atoms with van der Waals surface area (Å²) in [6, 6.07) is 3.45. The number of halogens is 1. The summed E-state index contributed by atoms with van der Waals surface area (Å²) in [4.78, 5) is 27.1. The van der Waals surface area contributed by atoms with Crippen LogP contribution in [0.1, 0.15) is 36.5 Å². The smallest absolute Gasteiger partial charge is 0.251 e. The molecular formula is C25H30FN5O. The molecule has 168 valence electrons. The minimum atomic E-state index is -1.15. The van der Waals surface area contributed by atoms with Gasteiger partial charge in [-0.2, -0.15) is 0 Å². The average molecular weight is 436 g/mol. The lowest BCUT2D eigenvalue weighted by atomic mass is 9.95. The van der Waals surface area contributed by atoms with Crippen molar-refractivity contribution in [3.8, 4) is 0 Å². The lowest BCUT2D eigenvalue weighted by Gasteiger charge is -2.32. The van der Waals surface area contributed by atoms with Gasteiger partial charge in [-0.1, -0.05) is 13.2 Å². The lowest BCUT2D eigenvalue weighted by molar-refractivity contribution is 0.326. The summed E-state index contributed by atoms with van der Waals surface area (Å²) in [5.41, 5.74) is 5.72. The normalized spacial score (nSPS) is 15.2. The zero-order valence-corrected chi connectivity index (χ0v) is 19.2. The molecule has 0 saturated heterocycles. The standard InChI is InChI=1S/C25H30FN5O/c1-16(11-24-27-9-7-25(32)29-24)19(4)31-10-8-23-21(14-31)12-20(13-28-23)22(15-30(5)6)17(2)18(3)26/h7,9,11-13,15,18H,2,4,8,10,14H2,1,3,5-6H3,(H,27,29,32)/b16-11-,22-15+. The van der Waals surface area contributed by atoms with Crippen LogP contribution < -0.4 is 5.56 Å². The van der Waals surface area contributed by atoms with Gasteiger partial charge in [0.1, 0.15) is 12.0 Å². The fourth-order valence-corrected chi connectivity index (χ4v) is 3.62.